The van der Waals surface area contributed by atoms with Gasteiger partial charge in [0, 0.05) is 11.4 Å². The minimum absolute atomic E-state index is 0.308. The fraction of sp³-hybridized carbons (Fsp3) is 0.222. The van der Waals surface area contributed by atoms with E-state index in [4.69, 9.17) is 16.3 Å². The molecule has 0 saturated heterocycles. The van der Waals surface area contributed by atoms with E-state index < -0.39 is 0 Å². The first-order chi connectivity index (χ1) is 6.19. The van der Waals surface area contributed by atoms with Crippen molar-refractivity contribution in [2.45, 2.75) is 6.42 Å². The molecule has 0 aliphatic heterocycles. The molecule has 4 heteroatoms. The molecule has 1 aromatic rings. The van der Waals surface area contributed by atoms with Crippen LogP contribution in [0.3, 0.4) is 0 Å². The van der Waals surface area contributed by atoms with E-state index >= 15 is 0 Å². The number of ether oxygens (including phenoxy) is 1. The molecule has 0 bridgehead atoms. The van der Waals surface area contributed by atoms with Crippen LogP contribution in [-0.2, 0) is 11.2 Å². The van der Waals surface area contributed by atoms with Crippen molar-refractivity contribution >= 4 is 33.8 Å². The van der Waals surface area contributed by atoms with Gasteiger partial charge in [0.05, 0.1) is 11.6 Å². The minimum Gasteiger partial charge on any atom is -0.496 e. The second-order valence-electron chi connectivity index (χ2n) is 2.45. The highest BCUT2D eigenvalue weighted by atomic mass is 79.9. The molecule has 0 aliphatic rings. The Morgan fingerprint density at radius 1 is 1.62 bits per heavy atom. The lowest BCUT2D eigenvalue weighted by atomic mass is 10.1. The Labute approximate surface area is 90.0 Å². The van der Waals surface area contributed by atoms with E-state index in [0.29, 0.717) is 17.2 Å². The van der Waals surface area contributed by atoms with Crippen LogP contribution in [0.25, 0.3) is 0 Å². The molecule has 1 rings (SSSR count). The summed E-state index contributed by atoms with van der Waals surface area (Å²) in [5.74, 6) is 0.682. The maximum atomic E-state index is 10.3. The van der Waals surface area contributed by atoms with Crippen molar-refractivity contribution in [3.63, 3.8) is 0 Å². The van der Waals surface area contributed by atoms with Crippen LogP contribution in [0.4, 0.5) is 0 Å². The topological polar surface area (TPSA) is 26.3 Å². The molecule has 0 heterocycles. The Kier molecular flexibility index (Phi) is 3.75. The molecule has 13 heavy (non-hydrogen) atoms. The second kappa shape index (κ2) is 4.63. The summed E-state index contributed by atoms with van der Waals surface area (Å²) in [6, 6.07) is 3.47. The number of aldehydes is 1. The van der Waals surface area contributed by atoms with Crippen LogP contribution in [0, 0.1) is 0 Å². The zero-order valence-electron chi connectivity index (χ0n) is 7.01. The Bertz CT molecular complexity index is 326. The van der Waals surface area contributed by atoms with E-state index in [9.17, 15) is 4.79 Å². The van der Waals surface area contributed by atoms with Crippen molar-refractivity contribution in [2.24, 2.45) is 0 Å². The van der Waals surface area contributed by atoms with Crippen molar-refractivity contribution in [3.05, 3.63) is 27.2 Å². The third kappa shape index (κ3) is 2.45. The molecular weight excluding hydrogens is 255 g/mol. The number of hydrogen-bond donors (Lipinski definition) is 0. The van der Waals surface area contributed by atoms with E-state index in [2.05, 4.69) is 15.9 Å². The SMILES string of the molecule is COc1cc(CC=O)c(Cl)cc1Br. The van der Waals surface area contributed by atoms with Gasteiger partial charge in [0.1, 0.15) is 12.0 Å². The van der Waals surface area contributed by atoms with Crippen molar-refractivity contribution in [1.29, 1.82) is 0 Å². The van der Waals surface area contributed by atoms with Gasteiger partial charge in [-0.3, -0.25) is 0 Å². The van der Waals surface area contributed by atoms with Crippen LogP contribution in [0.5, 0.6) is 5.75 Å². The lowest BCUT2D eigenvalue weighted by Crippen LogP contribution is -1.91. The van der Waals surface area contributed by atoms with E-state index in [0.717, 1.165) is 16.3 Å². The Morgan fingerprint density at radius 2 is 2.31 bits per heavy atom. The Morgan fingerprint density at radius 3 is 2.85 bits per heavy atom. The van der Waals surface area contributed by atoms with Crippen LogP contribution in [0.2, 0.25) is 5.02 Å². The van der Waals surface area contributed by atoms with Gasteiger partial charge in [-0.05, 0) is 33.6 Å². The van der Waals surface area contributed by atoms with Gasteiger partial charge in [-0.1, -0.05) is 11.6 Å². The predicted octanol–water partition coefficient (Wildman–Crippen LogP) is 2.85. The van der Waals surface area contributed by atoms with Gasteiger partial charge >= 0.3 is 0 Å². The summed E-state index contributed by atoms with van der Waals surface area (Å²) in [6.45, 7) is 0. The summed E-state index contributed by atoms with van der Waals surface area (Å²) in [4.78, 5) is 10.3. The molecule has 0 N–H and O–H groups in total. The lowest BCUT2D eigenvalue weighted by molar-refractivity contribution is -0.107. The number of methoxy groups -OCH3 is 1. The molecular formula is C9H8BrClO2. The highest BCUT2D eigenvalue weighted by Crippen LogP contribution is 2.31. The third-order valence-corrected chi connectivity index (χ3v) is 2.60. The number of rotatable bonds is 3. The van der Waals surface area contributed by atoms with E-state index in [-0.39, 0.29) is 0 Å². The van der Waals surface area contributed by atoms with Crippen LogP contribution in [-0.4, -0.2) is 13.4 Å². The summed E-state index contributed by atoms with van der Waals surface area (Å²) >= 11 is 9.19. The molecule has 0 saturated carbocycles. The summed E-state index contributed by atoms with van der Waals surface area (Å²) in [6.07, 6.45) is 1.12. The largest absolute Gasteiger partial charge is 0.496 e. The molecule has 0 spiro atoms. The second-order valence-corrected chi connectivity index (χ2v) is 3.71. The molecule has 0 unspecified atom stereocenters. The number of carbonyl (C=O) groups is 1. The number of hydrogen-bond acceptors (Lipinski definition) is 2. The normalized spacial score (nSPS) is 9.77. The van der Waals surface area contributed by atoms with Gasteiger partial charge in [0.2, 0.25) is 0 Å². The fourth-order valence-electron chi connectivity index (χ4n) is 0.974. The Hall–Kier alpha value is -0.540. The first-order valence-corrected chi connectivity index (χ1v) is 4.81. The molecule has 70 valence electrons. The van der Waals surface area contributed by atoms with Crippen molar-refractivity contribution < 1.29 is 9.53 Å². The quantitative estimate of drug-likeness (QED) is 0.784. The van der Waals surface area contributed by atoms with Gasteiger partial charge in [-0.25, -0.2) is 0 Å². The molecule has 0 aromatic heterocycles. The van der Waals surface area contributed by atoms with Gasteiger partial charge in [-0.2, -0.15) is 0 Å². The first-order valence-electron chi connectivity index (χ1n) is 3.64. The van der Waals surface area contributed by atoms with Gasteiger partial charge in [-0.15, -0.1) is 0 Å². The average molecular weight is 264 g/mol. The summed E-state index contributed by atoms with van der Waals surface area (Å²) in [5, 5.41) is 0.569. The van der Waals surface area contributed by atoms with Crippen LogP contribution >= 0.6 is 27.5 Å². The molecule has 0 atom stereocenters. The van der Waals surface area contributed by atoms with Crippen molar-refractivity contribution in [1.82, 2.24) is 0 Å². The fourth-order valence-corrected chi connectivity index (χ4v) is 1.85. The maximum absolute atomic E-state index is 10.3. The summed E-state index contributed by atoms with van der Waals surface area (Å²) in [7, 11) is 1.57. The first kappa shape index (κ1) is 10.5. The van der Waals surface area contributed by atoms with Gasteiger partial charge < -0.3 is 9.53 Å². The molecule has 0 radical (unpaired) electrons. The molecule has 2 nitrogen and oxygen atoms in total. The lowest BCUT2D eigenvalue weighted by Gasteiger charge is -2.06. The molecule has 1 aromatic carbocycles. The van der Waals surface area contributed by atoms with Crippen molar-refractivity contribution in [3.8, 4) is 5.75 Å². The maximum Gasteiger partial charge on any atom is 0.133 e. The monoisotopic (exact) mass is 262 g/mol. The minimum atomic E-state index is 0.308. The predicted molar refractivity (Wildman–Crippen MR) is 55.5 cm³/mol. The van der Waals surface area contributed by atoms with Crippen LogP contribution in [0.15, 0.2) is 16.6 Å². The molecule has 0 aliphatic carbocycles. The van der Waals surface area contributed by atoms with E-state index in [1.54, 1.807) is 19.2 Å². The van der Waals surface area contributed by atoms with Gasteiger partial charge in [0.15, 0.2) is 0 Å². The van der Waals surface area contributed by atoms with Crippen LogP contribution in [0.1, 0.15) is 5.56 Å². The third-order valence-electron chi connectivity index (χ3n) is 1.62. The highest BCUT2D eigenvalue weighted by molar-refractivity contribution is 9.10. The Balaban J connectivity index is 3.13. The van der Waals surface area contributed by atoms with E-state index in [1.165, 1.54) is 0 Å². The van der Waals surface area contributed by atoms with Crippen LogP contribution < -0.4 is 4.74 Å². The zero-order valence-corrected chi connectivity index (χ0v) is 9.35. The summed E-state index contributed by atoms with van der Waals surface area (Å²) in [5.41, 5.74) is 0.775. The van der Waals surface area contributed by atoms with Crippen molar-refractivity contribution in [2.75, 3.05) is 7.11 Å². The number of carbonyl (C=O) groups excluding carboxylic acids is 1. The smallest absolute Gasteiger partial charge is 0.133 e. The highest BCUT2D eigenvalue weighted by Gasteiger charge is 2.06. The average Bonchev–Trinajstić information content (AvgIpc) is 2.10. The van der Waals surface area contributed by atoms with E-state index in [1.807, 2.05) is 0 Å². The zero-order chi connectivity index (χ0) is 9.84. The molecule has 0 amide bonds. The summed E-state index contributed by atoms with van der Waals surface area (Å²) < 4.78 is 5.85. The number of benzene rings is 1. The van der Waals surface area contributed by atoms with Gasteiger partial charge in [0.25, 0.3) is 0 Å². The number of halogens is 2. The molecule has 0 fully saturated rings. The standard InChI is InChI=1S/C9H8BrClO2/c1-13-9-4-6(2-3-12)8(11)5-7(9)10/h3-5H,2H2,1H3.